The highest BCUT2D eigenvalue weighted by Crippen LogP contribution is 2.44. The van der Waals surface area contributed by atoms with Gasteiger partial charge in [-0.05, 0) is 61.4 Å². The molecule has 3 rings (SSSR count). The number of piperidine rings is 1. The molecule has 0 unspecified atom stereocenters. The zero-order valence-corrected chi connectivity index (χ0v) is 13.6. The summed E-state index contributed by atoms with van der Waals surface area (Å²) >= 11 is 6.63. The minimum absolute atomic E-state index is 0.394. The van der Waals surface area contributed by atoms with Gasteiger partial charge in [-0.3, -0.25) is 0 Å². The van der Waals surface area contributed by atoms with E-state index in [1.165, 1.54) is 24.0 Å². The first-order valence-corrected chi connectivity index (χ1v) is 8.36. The zero-order valence-electron chi connectivity index (χ0n) is 12.9. The van der Waals surface area contributed by atoms with Gasteiger partial charge >= 0.3 is 0 Å². The van der Waals surface area contributed by atoms with Crippen LogP contribution >= 0.6 is 11.6 Å². The van der Waals surface area contributed by atoms with Gasteiger partial charge in [-0.2, -0.15) is 0 Å². The van der Waals surface area contributed by atoms with Crippen LogP contribution in [0.2, 0.25) is 5.02 Å². The van der Waals surface area contributed by atoms with Crippen molar-refractivity contribution >= 4 is 11.6 Å². The van der Waals surface area contributed by atoms with Crippen molar-refractivity contribution in [2.24, 2.45) is 5.92 Å². The van der Waals surface area contributed by atoms with E-state index < -0.39 is 0 Å². The highest BCUT2D eigenvalue weighted by Gasteiger charge is 2.25. The monoisotopic (exact) mass is 309 g/mol. The molecule has 1 aromatic carbocycles. The normalized spacial score (nSPS) is 19.0. The second-order valence-corrected chi connectivity index (χ2v) is 6.72. The van der Waals surface area contributed by atoms with Gasteiger partial charge in [0, 0.05) is 0 Å². The van der Waals surface area contributed by atoms with Gasteiger partial charge in [0.1, 0.15) is 13.2 Å². The predicted molar refractivity (Wildman–Crippen MR) is 85.8 cm³/mol. The molecule has 0 spiro atoms. The molecule has 0 aromatic heterocycles. The van der Waals surface area contributed by atoms with E-state index >= 15 is 0 Å². The summed E-state index contributed by atoms with van der Waals surface area (Å²) in [7, 11) is 0. The highest BCUT2D eigenvalue weighted by molar-refractivity contribution is 6.33. The van der Waals surface area contributed by atoms with E-state index in [-0.39, 0.29) is 0 Å². The fourth-order valence-electron chi connectivity index (χ4n) is 3.40. The maximum absolute atomic E-state index is 6.63. The smallest absolute Gasteiger partial charge is 0.180 e. The lowest BCUT2D eigenvalue weighted by Gasteiger charge is -2.27. The van der Waals surface area contributed by atoms with Crippen LogP contribution in [-0.4, -0.2) is 26.3 Å². The lowest BCUT2D eigenvalue weighted by atomic mass is 9.86. The Morgan fingerprint density at radius 1 is 1.24 bits per heavy atom. The van der Waals surface area contributed by atoms with Crippen LogP contribution < -0.4 is 14.8 Å². The van der Waals surface area contributed by atoms with E-state index in [1.807, 2.05) is 0 Å². The number of nitrogens with one attached hydrogen (secondary N) is 1. The van der Waals surface area contributed by atoms with Crippen LogP contribution in [0.5, 0.6) is 11.5 Å². The number of benzene rings is 1. The number of hydrogen-bond acceptors (Lipinski definition) is 3. The third-order valence-electron chi connectivity index (χ3n) is 4.44. The molecule has 4 heteroatoms. The summed E-state index contributed by atoms with van der Waals surface area (Å²) in [6.07, 6.45) is 3.57. The average Bonchev–Trinajstić information content (AvgIpc) is 2.48. The second-order valence-electron chi connectivity index (χ2n) is 6.34. The van der Waals surface area contributed by atoms with Gasteiger partial charge in [0.05, 0.1) is 5.02 Å². The van der Waals surface area contributed by atoms with Gasteiger partial charge in [-0.15, -0.1) is 0 Å². The molecule has 0 bridgehead atoms. The van der Waals surface area contributed by atoms with Crippen LogP contribution in [0.4, 0.5) is 0 Å². The maximum Gasteiger partial charge on any atom is 0.180 e. The van der Waals surface area contributed by atoms with E-state index in [0.717, 1.165) is 41.9 Å². The molecule has 0 aliphatic carbocycles. The summed E-state index contributed by atoms with van der Waals surface area (Å²) in [5, 5.41) is 4.18. The Morgan fingerprint density at radius 3 is 2.67 bits per heavy atom. The summed E-state index contributed by atoms with van der Waals surface area (Å²) in [5.41, 5.74) is 2.57. The van der Waals surface area contributed by atoms with Gasteiger partial charge in [0.15, 0.2) is 11.5 Å². The molecular weight excluding hydrogens is 286 g/mol. The fourth-order valence-corrected chi connectivity index (χ4v) is 3.89. The molecule has 1 fully saturated rings. The van der Waals surface area contributed by atoms with Gasteiger partial charge < -0.3 is 14.8 Å². The van der Waals surface area contributed by atoms with Crippen LogP contribution in [0.15, 0.2) is 6.07 Å². The molecule has 21 heavy (non-hydrogen) atoms. The van der Waals surface area contributed by atoms with Crippen LogP contribution in [-0.2, 0) is 6.42 Å². The third-order valence-corrected chi connectivity index (χ3v) is 4.82. The molecule has 0 saturated carbocycles. The van der Waals surface area contributed by atoms with Crippen molar-refractivity contribution in [2.75, 3.05) is 26.3 Å². The summed E-state index contributed by atoms with van der Waals surface area (Å²) in [6, 6.07) is 2.16. The molecule has 0 atom stereocenters. The SMILES string of the molecule is CC(C)c1c(CC2CCNCC2)cc2c(c1Cl)OCCO2. The lowest BCUT2D eigenvalue weighted by molar-refractivity contribution is 0.171. The van der Waals surface area contributed by atoms with Gasteiger partial charge in [-0.25, -0.2) is 0 Å². The third kappa shape index (κ3) is 3.14. The highest BCUT2D eigenvalue weighted by atomic mass is 35.5. The molecule has 3 nitrogen and oxygen atoms in total. The Balaban J connectivity index is 1.95. The fraction of sp³-hybridized carbons (Fsp3) is 0.647. The average molecular weight is 310 g/mol. The summed E-state index contributed by atoms with van der Waals surface area (Å²) < 4.78 is 11.5. The summed E-state index contributed by atoms with van der Waals surface area (Å²) in [5.74, 6) is 2.69. The molecule has 2 aliphatic rings. The molecule has 1 N–H and O–H groups in total. The van der Waals surface area contributed by atoms with Crippen molar-refractivity contribution in [1.82, 2.24) is 5.32 Å². The van der Waals surface area contributed by atoms with E-state index in [1.54, 1.807) is 0 Å². The van der Waals surface area contributed by atoms with Crippen LogP contribution in [0, 0.1) is 5.92 Å². The minimum Gasteiger partial charge on any atom is -0.486 e. The van der Waals surface area contributed by atoms with E-state index in [9.17, 15) is 0 Å². The van der Waals surface area contributed by atoms with Gasteiger partial charge in [0.25, 0.3) is 0 Å². The Kier molecular flexibility index (Phi) is 4.60. The van der Waals surface area contributed by atoms with Crippen molar-refractivity contribution in [3.63, 3.8) is 0 Å². The topological polar surface area (TPSA) is 30.5 Å². The number of ether oxygens (including phenoxy) is 2. The molecule has 0 radical (unpaired) electrons. The number of rotatable bonds is 3. The zero-order chi connectivity index (χ0) is 14.8. The quantitative estimate of drug-likeness (QED) is 0.922. The first-order chi connectivity index (χ1) is 10.2. The summed E-state index contributed by atoms with van der Waals surface area (Å²) in [4.78, 5) is 0. The van der Waals surface area contributed by atoms with E-state index in [0.29, 0.717) is 19.1 Å². The molecule has 1 saturated heterocycles. The maximum atomic E-state index is 6.63. The Bertz CT molecular complexity index is 510. The number of halogens is 1. The second kappa shape index (κ2) is 6.45. The van der Waals surface area contributed by atoms with Crippen molar-refractivity contribution in [2.45, 2.75) is 39.0 Å². The van der Waals surface area contributed by atoms with Crippen LogP contribution in [0.3, 0.4) is 0 Å². The minimum atomic E-state index is 0.394. The van der Waals surface area contributed by atoms with Gasteiger partial charge in [0.2, 0.25) is 0 Å². The standard InChI is InChI=1S/C17H24ClNO2/c1-11(2)15-13(9-12-3-5-19-6-4-12)10-14-17(16(15)18)21-8-7-20-14/h10-12,19H,3-9H2,1-2H3. The molecule has 2 heterocycles. The molecule has 1 aromatic rings. The first-order valence-electron chi connectivity index (χ1n) is 7.98. The Morgan fingerprint density at radius 2 is 1.95 bits per heavy atom. The van der Waals surface area contributed by atoms with Crippen molar-refractivity contribution in [3.8, 4) is 11.5 Å². The number of hydrogen-bond donors (Lipinski definition) is 1. The van der Waals surface area contributed by atoms with Crippen LogP contribution in [0.25, 0.3) is 0 Å². The Hall–Kier alpha value is -0.930. The van der Waals surface area contributed by atoms with Gasteiger partial charge in [-0.1, -0.05) is 25.4 Å². The summed E-state index contributed by atoms with van der Waals surface area (Å²) in [6.45, 7) is 7.83. The van der Waals surface area contributed by atoms with Crippen molar-refractivity contribution in [3.05, 3.63) is 22.2 Å². The lowest BCUT2D eigenvalue weighted by Crippen LogP contribution is -2.29. The molecule has 0 amide bonds. The largest absolute Gasteiger partial charge is 0.486 e. The molecule has 116 valence electrons. The van der Waals surface area contributed by atoms with E-state index in [4.69, 9.17) is 21.1 Å². The van der Waals surface area contributed by atoms with Crippen molar-refractivity contribution in [1.29, 1.82) is 0 Å². The van der Waals surface area contributed by atoms with Crippen LogP contribution in [0.1, 0.15) is 43.7 Å². The Labute approximate surface area is 132 Å². The molecular formula is C17H24ClNO2. The number of fused-ring (bicyclic) bond motifs is 1. The first kappa shape index (κ1) is 15.0. The van der Waals surface area contributed by atoms with E-state index in [2.05, 4.69) is 25.2 Å². The predicted octanol–water partition coefficient (Wildman–Crippen LogP) is 3.78. The molecule has 2 aliphatic heterocycles. The van der Waals surface area contributed by atoms with Crippen molar-refractivity contribution < 1.29 is 9.47 Å².